The third-order valence-corrected chi connectivity index (χ3v) is 5.29. The van der Waals surface area contributed by atoms with Crippen molar-refractivity contribution < 1.29 is 38.1 Å². The first-order chi connectivity index (χ1) is 17.3. The van der Waals surface area contributed by atoms with Crippen LogP contribution in [0.3, 0.4) is 0 Å². The maximum Gasteiger partial charge on any atom is 0.508 e. The van der Waals surface area contributed by atoms with Crippen LogP contribution in [0.2, 0.25) is 0 Å². The molecule has 0 aliphatic rings. The molecular weight excluding hydrogens is 468 g/mol. The van der Waals surface area contributed by atoms with Crippen molar-refractivity contribution in [2.45, 2.75) is 32.5 Å². The normalized spacial score (nSPS) is 12.3. The number of ether oxygens (including phenoxy) is 5. The van der Waals surface area contributed by atoms with Crippen LogP contribution in [0.5, 0.6) is 11.5 Å². The number of carbonyl (C=O) groups excluding carboxylic acids is 3. The number of carbonyl (C=O) groups is 3. The first-order valence-electron chi connectivity index (χ1n) is 11.5. The van der Waals surface area contributed by atoms with Gasteiger partial charge in [-0.15, -0.1) is 0 Å². The van der Waals surface area contributed by atoms with Crippen molar-refractivity contribution in [1.82, 2.24) is 10.6 Å². The van der Waals surface area contributed by atoms with Gasteiger partial charge in [-0.2, -0.15) is 0 Å². The number of nitrogens with one attached hydrogen (secondary N) is 2. The number of methoxy groups -OCH3 is 3. The molecular formula is C26H34N2O8. The van der Waals surface area contributed by atoms with E-state index in [1.165, 1.54) is 21.3 Å². The van der Waals surface area contributed by atoms with Crippen LogP contribution in [-0.4, -0.2) is 58.6 Å². The number of esters is 1. The molecule has 1 amide bonds. The van der Waals surface area contributed by atoms with Crippen molar-refractivity contribution in [3.63, 3.8) is 0 Å². The topological polar surface area (TPSA) is 121 Å². The third-order valence-electron chi connectivity index (χ3n) is 5.29. The Balaban J connectivity index is 2.04. The van der Waals surface area contributed by atoms with Crippen molar-refractivity contribution in [3.05, 3.63) is 59.7 Å². The second kappa shape index (κ2) is 14.6. The fourth-order valence-corrected chi connectivity index (χ4v) is 3.36. The van der Waals surface area contributed by atoms with Crippen LogP contribution in [-0.2, 0) is 30.4 Å². The van der Waals surface area contributed by atoms with E-state index in [1.807, 2.05) is 44.2 Å². The van der Waals surface area contributed by atoms with Crippen LogP contribution in [0.15, 0.2) is 48.5 Å². The van der Waals surface area contributed by atoms with E-state index in [2.05, 4.69) is 10.6 Å². The monoisotopic (exact) mass is 502 g/mol. The molecule has 0 unspecified atom stereocenters. The van der Waals surface area contributed by atoms with Crippen molar-refractivity contribution in [1.29, 1.82) is 0 Å². The highest BCUT2D eigenvalue weighted by molar-refractivity contribution is 5.85. The average Bonchev–Trinajstić information content (AvgIpc) is 2.89. The van der Waals surface area contributed by atoms with Gasteiger partial charge < -0.3 is 29.0 Å². The van der Waals surface area contributed by atoms with E-state index >= 15 is 0 Å². The molecule has 0 saturated carbocycles. The van der Waals surface area contributed by atoms with Crippen LogP contribution < -0.4 is 20.1 Å². The van der Waals surface area contributed by atoms with Gasteiger partial charge in [0.2, 0.25) is 5.91 Å². The summed E-state index contributed by atoms with van der Waals surface area (Å²) < 4.78 is 25.6. The van der Waals surface area contributed by atoms with Gasteiger partial charge in [-0.1, -0.05) is 50.2 Å². The van der Waals surface area contributed by atoms with Gasteiger partial charge >= 0.3 is 12.1 Å². The molecule has 0 radical (unpaired) electrons. The molecule has 2 rings (SSSR count). The Morgan fingerprint density at radius 2 is 1.58 bits per heavy atom. The highest BCUT2D eigenvalue weighted by Gasteiger charge is 2.31. The third kappa shape index (κ3) is 8.46. The Hall–Kier alpha value is -3.79. The molecule has 0 heterocycles. The van der Waals surface area contributed by atoms with Gasteiger partial charge in [-0.25, -0.2) is 4.79 Å². The zero-order chi connectivity index (χ0) is 26.5. The molecule has 10 nitrogen and oxygen atoms in total. The number of benzene rings is 2. The summed E-state index contributed by atoms with van der Waals surface area (Å²) in [4.78, 5) is 37.3. The zero-order valence-electron chi connectivity index (χ0n) is 21.2. The van der Waals surface area contributed by atoms with Gasteiger partial charge in [0.1, 0.15) is 25.3 Å². The molecule has 0 saturated heterocycles. The van der Waals surface area contributed by atoms with Crippen LogP contribution in [0.4, 0.5) is 4.79 Å². The molecule has 10 heteroatoms. The summed E-state index contributed by atoms with van der Waals surface area (Å²) in [6.07, 6.45) is -0.840. The second-order valence-corrected chi connectivity index (χ2v) is 8.12. The standard InChI is InChI=1S/C26H34N2O8/c1-17(2)22(25(30)34-5)28-23(19-11-12-20(32-3)21(15-19)33-4)24(29)27-13-14-35-26(31)36-16-18-9-7-6-8-10-18/h6-12,15,17,22-23,28H,13-14,16H2,1-5H3,(H,27,29)/t22-,23+/m0/s1. The number of amides is 1. The van der Waals surface area contributed by atoms with E-state index < -0.39 is 30.1 Å². The molecule has 0 aliphatic heterocycles. The lowest BCUT2D eigenvalue weighted by Crippen LogP contribution is -2.48. The summed E-state index contributed by atoms with van der Waals surface area (Å²) in [5.41, 5.74) is 1.37. The minimum atomic E-state index is -0.929. The smallest absolute Gasteiger partial charge is 0.493 e. The van der Waals surface area contributed by atoms with Gasteiger partial charge in [0.05, 0.1) is 27.9 Å². The highest BCUT2D eigenvalue weighted by atomic mass is 16.7. The van der Waals surface area contributed by atoms with Crippen LogP contribution in [0.1, 0.15) is 31.0 Å². The van der Waals surface area contributed by atoms with Crippen molar-refractivity contribution in [2.75, 3.05) is 34.5 Å². The van der Waals surface area contributed by atoms with E-state index in [9.17, 15) is 14.4 Å². The summed E-state index contributed by atoms with van der Waals surface area (Å²) in [5, 5.41) is 5.80. The highest BCUT2D eigenvalue weighted by Crippen LogP contribution is 2.30. The maximum atomic E-state index is 13.2. The van der Waals surface area contributed by atoms with Gasteiger partial charge in [0, 0.05) is 0 Å². The van der Waals surface area contributed by atoms with E-state index in [0.717, 1.165) is 5.56 Å². The molecule has 2 aromatic carbocycles. The molecule has 2 atom stereocenters. The summed E-state index contributed by atoms with van der Waals surface area (Å²) in [7, 11) is 4.29. The van der Waals surface area contributed by atoms with Crippen LogP contribution >= 0.6 is 0 Å². The lowest BCUT2D eigenvalue weighted by molar-refractivity contribution is -0.144. The first-order valence-corrected chi connectivity index (χ1v) is 11.5. The predicted octanol–water partition coefficient (Wildman–Crippen LogP) is 3.00. The Bertz CT molecular complexity index is 997. The number of rotatable bonds is 13. The SMILES string of the molecule is COC(=O)[C@@H](N[C@@H](C(=O)NCCOC(=O)OCc1ccccc1)c1ccc(OC)c(OC)c1)C(C)C. The zero-order valence-corrected chi connectivity index (χ0v) is 21.2. The summed E-state index contributed by atoms with van der Waals surface area (Å²) in [6, 6.07) is 12.5. The minimum absolute atomic E-state index is 0.0370. The lowest BCUT2D eigenvalue weighted by Gasteiger charge is -2.26. The molecule has 0 fully saturated rings. The molecule has 0 spiro atoms. The summed E-state index contributed by atoms with van der Waals surface area (Å²) in [5.74, 6) is -0.157. The van der Waals surface area contributed by atoms with Gasteiger partial charge in [-0.05, 0) is 29.2 Å². The maximum absolute atomic E-state index is 13.2. The van der Waals surface area contributed by atoms with Crippen molar-refractivity contribution in [2.24, 2.45) is 5.92 Å². The van der Waals surface area contributed by atoms with E-state index in [-0.39, 0.29) is 25.7 Å². The molecule has 0 aromatic heterocycles. The summed E-state index contributed by atoms with van der Waals surface area (Å²) >= 11 is 0. The van der Waals surface area contributed by atoms with Gasteiger partial charge in [0.15, 0.2) is 11.5 Å². The Labute approximate surface area is 211 Å². The fraction of sp³-hybridized carbons (Fsp3) is 0.423. The van der Waals surface area contributed by atoms with Gasteiger partial charge in [-0.3, -0.25) is 14.9 Å². The lowest BCUT2D eigenvalue weighted by atomic mass is 9.99. The van der Waals surface area contributed by atoms with Crippen molar-refractivity contribution in [3.8, 4) is 11.5 Å². The van der Waals surface area contributed by atoms with E-state index in [0.29, 0.717) is 17.1 Å². The van der Waals surface area contributed by atoms with Crippen molar-refractivity contribution >= 4 is 18.0 Å². The Morgan fingerprint density at radius 1 is 0.889 bits per heavy atom. The molecule has 0 aliphatic carbocycles. The molecule has 0 bridgehead atoms. The van der Waals surface area contributed by atoms with E-state index in [1.54, 1.807) is 18.2 Å². The first kappa shape index (κ1) is 28.4. The Kier molecular flexibility index (Phi) is 11.5. The van der Waals surface area contributed by atoms with Crippen LogP contribution in [0.25, 0.3) is 0 Å². The minimum Gasteiger partial charge on any atom is -0.493 e. The molecule has 2 N–H and O–H groups in total. The number of hydrogen-bond donors (Lipinski definition) is 2. The molecule has 36 heavy (non-hydrogen) atoms. The van der Waals surface area contributed by atoms with Crippen LogP contribution in [0, 0.1) is 5.92 Å². The Morgan fingerprint density at radius 3 is 2.19 bits per heavy atom. The largest absolute Gasteiger partial charge is 0.508 e. The second-order valence-electron chi connectivity index (χ2n) is 8.12. The number of hydrogen-bond acceptors (Lipinski definition) is 9. The van der Waals surface area contributed by atoms with Gasteiger partial charge in [0.25, 0.3) is 0 Å². The quantitative estimate of drug-likeness (QED) is 0.314. The average molecular weight is 503 g/mol. The predicted molar refractivity (Wildman–Crippen MR) is 132 cm³/mol. The molecule has 2 aromatic rings. The summed E-state index contributed by atoms with van der Waals surface area (Å²) in [6.45, 7) is 3.71. The van der Waals surface area contributed by atoms with E-state index in [4.69, 9.17) is 23.7 Å². The fourth-order valence-electron chi connectivity index (χ4n) is 3.36. The molecule has 196 valence electrons.